The van der Waals surface area contributed by atoms with Crippen LogP contribution in [0.4, 0.5) is 0 Å². The molecule has 1 aliphatic carbocycles. The van der Waals surface area contributed by atoms with Gasteiger partial charge in [0.1, 0.15) is 61.4 Å². The summed E-state index contributed by atoms with van der Waals surface area (Å²) in [4.78, 5) is 64.0. The van der Waals surface area contributed by atoms with Crippen LogP contribution in [0.3, 0.4) is 0 Å². The van der Waals surface area contributed by atoms with Crippen molar-refractivity contribution in [3.63, 3.8) is 0 Å². The Balaban J connectivity index is 1.64. The van der Waals surface area contributed by atoms with Crippen LogP contribution < -0.4 is 18.9 Å². The average Bonchev–Trinajstić information content (AvgIpc) is 3.09. The third-order valence-corrected chi connectivity index (χ3v) is 9.47. The monoisotopic (exact) mass is 782 g/mol. The first-order valence-electron chi connectivity index (χ1n) is 15.4. The smallest absolute Gasteiger partial charge is 0.347 e. The van der Waals surface area contributed by atoms with Gasteiger partial charge in [-0.05, 0) is 91.4 Å². The number of allylic oxidation sites excluding steroid dienone is 2. The summed E-state index contributed by atoms with van der Waals surface area (Å²) in [6, 6.07) is 2.59. The van der Waals surface area contributed by atoms with E-state index >= 15 is 0 Å². The van der Waals surface area contributed by atoms with E-state index in [-0.39, 0.29) is 77.9 Å². The Morgan fingerprint density at radius 3 is 1.67 bits per heavy atom. The summed E-state index contributed by atoms with van der Waals surface area (Å²) in [7, 11) is 3.84. The number of carbonyl (C=O) groups excluding carboxylic acids is 4. The summed E-state index contributed by atoms with van der Waals surface area (Å²) in [6.45, 7) is 9.02. The van der Waals surface area contributed by atoms with Crippen LogP contribution in [0.25, 0.3) is 0 Å². The predicted octanol–water partition coefficient (Wildman–Crippen LogP) is 6.02. The van der Waals surface area contributed by atoms with E-state index in [1.165, 1.54) is 54.2 Å². The van der Waals surface area contributed by atoms with Gasteiger partial charge in [-0.2, -0.15) is 0 Å². The number of ketones is 1. The Hall–Kier alpha value is -5.83. The van der Waals surface area contributed by atoms with Gasteiger partial charge in [-0.25, -0.2) is 14.4 Å². The second-order valence-electron chi connectivity index (χ2n) is 11.7. The van der Waals surface area contributed by atoms with E-state index in [1.54, 1.807) is 20.8 Å². The lowest BCUT2D eigenvalue weighted by molar-refractivity contribution is -0.138. The second-order valence-corrected chi connectivity index (χ2v) is 12.5. The highest BCUT2D eigenvalue weighted by Crippen LogP contribution is 2.44. The highest BCUT2D eigenvalue weighted by Gasteiger charge is 2.37. The number of ether oxygens (including phenoxy) is 6. The SMILES string of the molecule is COC1=CC(=O)C=C(OC)C1C(=O)Oc1c(C)c(C)c(C(=O)Oc2cc(C)c(C(=O)Oc3cc(OC)c(C(=O)O)c(C)c3C)c(O)c2C)c(O)c1Br. The first-order valence-corrected chi connectivity index (χ1v) is 16.2. The second kappa shape index (κ2) is 15.2. The maximum atomic E-state index is 13.6. The summed E-state index contributed by atoms with van der Waals surface area (Å²) >= 11 is 3.21. The normalized spacial score (nSPS) is 12.8. The Bertz CT molecular complexity index is 2070. The molecule has 0 bridgehead atoms. The van der Waals surface area contributed by atoms with E-state index in [0.29, 0.717) is 11.1 Å². The van der Waals surface area contributed by atoms with Crippen molar-refractivity contribution in [2.45, 2.75) is 41.5 Å². The summed E-state index contributed by atoms with van der Waals surface area (Å²) in [5.74, 6) is -7.26. The number of hydrogen-bond donors (Lipinski definition) is 3. The van der Waals surface area contributed by atoms with Gasteiger partial charge in [0, 0.05) is 23.8 Å². The lowest BCUT2D eigenvalue weighted by atomic mass is 9.97. The molecule has 274 valence electrons. The van der Waals surface area contributed by atoms with Crippen molar-refractivity contribution in [3.05, 3.63) is 90.3 Å². The van der Waals surface area contributed by atoms with E-state index in [4.69, 9.17) is 28.4 Å². The Labute approximate surface area is 306 Å². The van der Waals surface area contributed by atoms with E-state index in [9.17, 15) is 39.3 Å². The van der Waals surface area contributed by atoms with Crippen molar-refractivity contribution < 1.29 is 67.7 Å². The van der Waals surface area contributed by atoms with Crippen LogP contribution in [0.15, 0.2) is 40.3 Å². The van der Waals surface area contributed by atoms with Crippen LogP contribution >= 0.6 is 15.9 Å². The van der Waals surface area contributed by atoms with Gasteiger partial charge in [0.2, 0.25) is 0 Å². The molecule has 4 rings (SSSR count). The van der Waals surface area contributed by atoms with Gasteiger partial charge in [-0.1, -0.05) is 0 Å². The minimum Gasteiger partial charge on any atom is -0.507 e. The van der Waals surface area contributed by atoms with E-state index in [1.807, 2.05) is 0 Å². The molecular formula is C37H35BrO14. The summed E-state index contributed by atoms with van der Waals surface area (Å²) in [5, 5.41) is 31.8. The summed E-state index contributed by atoms with van der Waals surface area (Å²) in [5.41, 5.74) is 0.686. The van der Waals surface area contributed by atoms with Crippen molar-refractivity contribution >= 4 is 45.6 Å². The predicted molar refractivity (Wildman–Crippen MR) is 187 cm³/mol. The van der Waals surface area contributed by atoms with Gasteiger partial charge in [-0.15, -0.1) is 0 Å². The van der Waals surface area contributed by atoms with Crippen LogP contribution in [-0.4, -0.2) is 66.3 Å². The molecule has 0 heterocycles. The van der Waals surface area contributed by atoms with Crippen molar-refractivity contribution in [1.29, 1.82) is 0 Å². The van der Waals surface area contributed by atoms with Gasteiger partial charge >= 0.3 is 23.9 Å². The molecule has 0 spiro atoms. The summed E-state index contributed by atoms with van der Waals surface area (Å²) in [6.07, 6.45) is 2.24. The van der Waals surface area contributed by atoms with E-state index in [2.05, 4.69) is 15.9 Å². The molecule has 0 fully saturated rings. The Morgan fingerprint density at radius 2 is 1.15 bits per heavy atom. The third kappa shape index (κ3) is 7.04. The maximum Gasteiger partial charge on any atom is 0.347 e. The Morgan fingerprint density at radius 1 is 0.635 bits per heavy atom. The Kier molecular flexibility index (Phi) is 11.4. The van der Waals surface area contributed by atoms with Crippen LogP contribution in [0.2, 0.25) is 0 Å². The average molecular weight is 784 g/mol. The number of hydrogen-bond acceptors (Lipinski definition) is 13. The number of benzene rings is 3. The first kappa shape index (κ1) is 39.0. The fourth-order valence-corrected chi connectivity index (χ4v) is 6.16. The fourth-order valence-electron chi connectivity index (χ4n) is 5.59. The largest absolute Gasteiger partial charge is 0.507 e. The minimum atomic E-state index is -1.22. The molecule has 3 aromatic rings. The van der Waals surface area contributed by atoms with Crippen molar-refractivity contribution in [1.82, 2.24) is 0 Å². The molecule has 0 atom stereocenters. The maximum absolute atomic E-state index is 13.6. The molecule has 1 aliphatic rings. The van der Waals surface area contributed by atoms with Crippen LogP contribution in [0, 0.1) is 47.5 Å². The van der Waals surface area contributed by atoms with Gasteiger partial charge in [0.25, 0.3) is 0 Å². The first-order chi connectivity index (χ1) is 24.4. The number of aryl methyl sites for hydroxylation is 1. The number of halogens is 1. The minimum absolute atomic E-state index is 0.00828. The molecule has 0 saturated carbocycles. The number of esters is 3. The highest BCUT2D eigenvalue weighted by atomic mass is 79.9. The molecule has 0 radical (unpaired) electrons. The lowest BCUT2D eigenvalue weighted by Crippen LogP contribution is -2.29. The third-order valence-electron chi connectivity index (χ3n) is 8.74. The molecule has 52 heavy (non-hydrogen) atoms. The molecule has 0 aromatic heterocycles. The molecule has 0 saturated heterocycles. The van der Waals surface area contributed by atoms with Crippen LogP contribution in [0.1, 0.15) is 64.5 Å². The number of phenols is 2. The number of aromatic carboxylic acids is 1. The molecule has 3 N–H and O–H groups in total. The zero-order valence-electron chi connectivity index (χ0n) is 29.6. The fraction of sp³-hybridized carbons (Fsp3) is 0.270. The number of carbonyl (C=O) groups is 5. The molecule has 15 heteroatoms. The van der Waals surface area contributed by atoms with Crippen molar-refractivity contribution in [2.24, 2.45) is 5.92 Å². The van der Waals surface area contributed by atoms with Crippen molar-refractivity contribution in [2.75, 3.05) is 21.3 Å². The van der Waals surface area contributed by atoms with Gasteiger partial charge in [0.05, 0.1) is 21.3 Å². The number of carboxylic acids is 1. The number of phenolic OH excluding ortho intramolecular Hbond substituents is 2. The highest BCUT2D eigenvalue weighted by molar-refractivity contribution is 9.10. The molecule has 0 aliphatic heterocycles. The number of rotatable bonds is 10. The van der Waals surface area contributed by atoms with Crippen LogP contribution in [-0.2, 0) is 19.1 Å². The molecule has 14 nitrogen and oxygen atoms in total. The van der Waals surface area contributed by atoms with Gasteiger partial charge in [0.15, 0.2) is 17.5 Å². The van der Waals surface area contributed by atoms with Gasteiger partial charge in [-0.3, -0.25) is 9.59 Å². The van der Waals surface area contributed by atoms with Crippen molar-refractivity contribution in [3.8, 4) is 34.5 Å². The number of carboxylic acid groups (broad SMARTS) is 1. The van der Waals surface area contributed by atoms with Crippen LogP contribution in [0.5, 0.6) is 34.5 Å². The zero-order chi connectivity index (χ0) is 38.9. The summed E-state index contributed by atoms with van der Waals surface area (Å²) < 4.78 is 32.3. The molecule has 0 amide bonds. The van der Waals surface area contributed by atoms with E-state index < -0.39 is 47.1 Å². The number of aromatic hydroxyl groups is 2. The van der Waals surface area contributed by atoms with E-state index in [0.717, 1.165) is 12.2 Å². The number of methoxy groups -OCH3 is 3. The molecule has 3 aromatic carbocycles. The molecule has 0 unspecified atom stereocenters. The molecular weight excluding hydrogens is 748 g/mol. The zero-order valence-corrected chi connectivity index (χ0v) is 31.2. The lowest BCUT2D eigenvalue weighted by Gasteiger charge is -2.24. The quantitative estimate of drug-likeness (QED) is 0.159. The van der Waals surface area contributed by atoms with Gasteiger partial charge < -0.3 is 43.7 Å². The topological polar surface area (TPSA) is 201 Å². The standard InChI is InChI=1S/C37H35BrO14/c1-14-10-21(19(6)31(40)26(14)35(44)51-22-13-25(49-9)27(34(42)43)16(3)15(22)2)50-36(45)28-17(4)18(5)33(30(38)32(28)41)52-37(46)29-23(47-7)11-20(39)12-24(29)48-8/h10-13,29,40-41H,1-9H3,(H,42,43).